The predicted molar refractivity (Wildman–Crippen MR) is 73.6 cm³/mol. The molecule has 1 unspecified atom stereocenters. The Kier molecular flexibility index (Phi) is 4.57. The van der Waals surface area contributed by atoms with Gasteiger partial charge in [0.05, 0.1) is 17.6 Å². The lowest BCUT2D eigenvalue weighted by Gasteiger charge is -2.27. The number of ether oxygens (including phenoxy) is 1. The van der Waals surface area contributed by atoms with Gasteiger partial charge in [0.15, 0.2) is 0 Å². The summed E-state index contributed by atoms with van der Waals surface area (Å²) in [5.74, 6) is 0. The van der Waals surface area contributed by atoms with Crippen molar-refractivity contribution in [2.75, 3.05) is 33.3 Å². The topological polar surface area (TPSA) is 58.6 Å². The van der Waals surface area contributed by atoms with Gasteiger partial charge in [0.25, 0.3) is 0 Å². The standard InChI is InChI=1S/C13H20N2O3S/c1-11-4-3-5-13(8-11)19(16,17)15(2)10-12-9-14-6-7-18-12/h3-5,8,12,14H,6-7,9-10H2,1-2H3. The number of benzene rings is 1. The van der Waals surface area contributed by atoms with Gasteiger partial charge in [-0.3, -0.25) is 0 Å². The summed E-state index contributed by atoms with van der Waals surface area (Å²) >= 11 is 0. The minimum Gasteiger partial charge on any atom is -0.374 e. The Morgan fingerprint density at radius 3 is 2.89 bits per heavy atom. The molecule has 1 atom stereocenters. The molecular weight excluding hydrogens is 264 g/mol. The maximum Gasteiger partial charge on any atom is 0.242 e. The fourth-order valence-electron chi connectivity index (χ4n) is 2.08. The maximum absolute atomic E-state index is 12.4. The quantitative estimate of drug-likeness (QED) is 0.880. The molecule has 1 aliphatic rings. The third-order valence-electron chi connectivity index (χ3n) is 3.16. The molecule has 19 heavy (non-hydrogen) atoms. The largest absolute Gasteiger partial charge is 0.374 e. The van der Waals surface area contributed by atoms with Crippen molar-refractivity contribution in [1.82, 2.24) is 9.62 Å². The first-order chi connectivity index (χ1) is 9.00. The lowest BCUT2D eigenvalue weighted by atomic mass is 10.2. The van der Waals surface area contributed by atoms with Gasteiger partial charge in [-0.2, -0.15) is 4.31 Å². The van der Waals surface area contributed by atoms with Gasteiger partial charge in [-0.05, 0) is 24.6 Å². The molecule has 1 heterocycles. The van der Waals surface area contributed by atoms with E-state index in [1.807, 2.05) is 13.0 Å². The number of likely N-dealkylation sites (N-methyl/N-ethyl adjacent to an activating group) is 1. The Morgan fingerprint density at radius 2 is 2.26 bits per heavy atom. The molecule has 1 aromatic rings. The summed E-state index contributed by atoms with van der Waals surface area (Å²) in [6.45, 7) is 4.39. The van der Waals surface area contributed by atoms with Crippen LogP contribution >= 0.6 is 0 Å². The van der Waals surface area contributed by atoms with Crippen LogP contribution in [0.2, 0.25) is 0 Å². The highest BCUT2D eigenvalue weighted by Crippen LogP contribution is 2.16. The van der Waals surface area contributed by atoms with Crippen LogP contribution in [0.25, 0.3) is 0 Å². The van der Waals surface area contributed by atoms with Gasteiger partial charge in [0, 0.05) is 26.7 Å². The average molecular weight is 284 g/mol. The van der Waals surface area contributed by atoms with Crippen molar-refractivity contribution in [2.45, 2.75) is 17.9 Å². The summed E-state index contributed by atoms with van der Waals surface area (Å²) in [5, 5.41) is 3.19. The number of hydrogen-bond donors (Lipinski definition) is 1. The predicted octanol–water partition coefficient (Wildman–Crippen LogP) is 0.604. The van der Waals surface area contributed by atoms with E-state index < -0.39 is 10.0 Å². The number of rotatable bonds is 4. The van der Waals surface area contributed by atoms with Crippen LogP contribution in [0.5, 0.6) is 0 Å². The molecule has 0 radical (unpaired) electrons. The molecule has 1 saturated heterocycles. The van der Waals surface area contributed by atoms with Crippen molar-refractivity contribution in [3.05, 3.63) is 29.8 Å². The first-order valence-electron chi connectivity index (χ1n) is 6.35. The van der Waals surface area contributed by atoms with E-state index in [4.69, 9.17) is 4.74 Å². The second kappa shape index (κ2) is 6.00. The molecule has 0 aliphatic carbocycles. The number of hydrogen-bond acceptors (Lipinski definition) is 4. The van der Waals surface area contributed by atoms with E-state index in [2.05, 4.69) is 5.32 Å². The van der Waals surface area contributed by atoms with Crippen molar-refractivity contribution >= 4 is 10.0 Å². The summed E-state index contributed by atoms with van der Waals surface area (Å²) in [6, 6.07) is 6.95. The Bertz CT molecular complexity index is 524. The van der Waals surface area contributed by atoms with Gasteiger partial charge in [-0.15, -0.1) is 0 Å². The average Bonchev–Trinajstić information content (AvgIpc) is 2.40. The number of aryl methyl sites for hydroxylation is 1. The zero-order valence-corrected chi connectivity index (χ0v) is 12.1. The maximum atomic E-state index is 12.4. The Balaban J connectivity index is 2.10. The van der Waals surface area contributed by atoms with Crippen LogP contribution in [-0.4, -0.2) is 52.1 Å². The highest BCUT2D eigenvalue weighted by molar-refractivity contribution is 7.89. The van der Waals surface area contributed by atoms with Gasteiger partial charge in [-0.1, -0.05) is 12.1 Å². The molecule has 1 fully saturated rings. The summed E-state index contributed by atoms with van der Waals surface area (Å²) in [7, 11) is -1.84. The molecule has 0 bridgehead atoms. The Morgan fingerprint density at radius 1 is 1.47 bits per heavy atom. The minimum absolute atomic E-state index is 0.0849. The van der Waals surface area contributed by atoms with E-state index in [1.165, 1.54) is 4.31 Å². The van der Waals surface area contributed by atoms with E-state index in [0.29, 0.717) is 24.6 Å². The monoisotopic (exact) mass is 284 g/mol. The highest BCUT2D eigenvalue weighted by atomic mass is 32.2. The number of morpholine rings is 1. The third kappa shape index (κ3) is 3.54. The molecule has 2 rings (SSSR count). The number of nitrogens with one attached hydrogen (secondary N) is 1. The molecule has 1 aromatic carbocycles. The summed E-state index contributed by atoms with van der Waals surface area (Å²) in [6.07, 6.45) is -0.0849. The van der Waals surface area contributed by atoms with Gasteiger partial charge < -0.3 is 10.1 Å². The SMILES string of the molecule is Cc1cccc(S(=O)(=O)N(C)CC2CNCCO2)c1. The highest BCUT2D eigenvalue weighted by Gasteiger charge is 2.25. The van der Waals surface area contributed by atoms with Crippen LogP contribution in [0.1, 0.15) is 5.56 Å². The minimum atomic E-state index is -3.44. The van der Waals surface area contributed by atoms with Crippen LogP contribution in [-0.2, 0) is 14.8 Å². The summed E-state index contributed by atoms with van der Waals surface area (Å²) in [4.78, 5) is 0.332. The first kappa shape index (κ1) is 14.5. The van der Waals surface area contributed by atoms with Gasteiger partial charge in [-0.25, -0.2) is 8.42 Å². The lowest BCUT2D eigenvalue weighted by Crippen LogP contribution is -2.45. The van der Waals surface area contributed by atoms with Crippen LogP contribution in [0, 0.1) is 6.92 Å². The van der Waals surface area contributed by atoms with Crippen LogP contribution < -0.4 is 5.32 Å². The van der Waals surface area contributed by atoms with Crippen molar-refractivity contribution in [3.63, 3.8) is 0 Å². The molecule has 0 amide bonds. The fourth-order valence-corrected chi connectivity index (χ4v) is 3.39. The third-order valence-corrected chi connectivity index (χ3v) is 4.98. The van der Waals surface area contributed by atoms with Crippen molar-refractivity contribution in [3.8, 4) is 0 Å². The van der Waals surface area contributed by atoms with Gasteiger partial charge in [0.2, 0.25) is 10.0 Å². The number of nitrogens with zero attached hydrogens (tertiary/aromatic N) is 1. The number of sulfonamides is 1. The molecule has 1 aliphatic heterocycles. The Hall–Kier alpha value is -0.950. The van der Waals surface area contributed by atoms with Crippen LogP contribution in [0.3, 0.4) is 0 Å². The van der Waals surface area contributed by atoms with E-state index in [1.54, 1.807) is 25.2 Å². The van der Waals surface area contributed by atoms with Crippen molar-refractivity contribution < 1.29 is 13.2 Å². The van der Waals surface area contributed by atoms with Crippen LogP contribution in [0.4, 0.5) is 0 Å². The first-order valence-corrected chi connectivity index (χ1v) is 7.79. The molecule has 6 heteroatoms. The van der Waals surface area contributed by atoms with Gasteiger partial charge in [0.1, 0.15) is 0 Å². The zero-order chi connectivity index (χ0) is 13.9. The molecule has 0 aromatic heterocycles. The molecule has 5 nitrogen and oxygen atoms in total. The van der Waals surface area contributed by atoms with Crippen molar-refractivity contribution in [2.24, 2.45) is 0 Å². The molecule has 0 saturated carbocycles. The zero-order valence-electron chi connectivity index (χ0n) is 11.3. The Labute approximate surface area is 114 Å². The normalized spacial score (nSPS) is 20.7. The van der Waals surface area contributed by atoms with E-state index >= 15 is 0 Å². The lowest BCUT2D eigenvalue weighted by molar-refractivity contribution is 0.0206. The fraction of sp³-hybridized carbons (Fsp3) is 0.538. The smallest absolute Gasteiger partial charge is 0.242 e. The second-order valence-electron chi connectivity index (χ2n) is 4.80. The van der Waals surface area contributed by atoms with E-state index in [9.17, 15) is 8.42 Å². The molecule has 0 spiro atoms. The van der Waals surface area contributed by atoms with Crippen LogP contribution in [0.15, 0.2) is 29.2 Å². The summed E-state index contributed by atoms with van der Waals surface area (Å²) in [5.41, 5.74) is 0.935. The van der Waals surface area contributed by atoms with Crippen molar-refractivity contribution in [1.29, 1.82) is 0 Å². The van der Waals surface area contributed by atoms with E-state index in [-0.39, 0.29) is 6.10 Å². The summed E-state index contributed by atoms with van der Waals surface area (Å²) < 4.78 is 31.7. The second-order valence-corrected chi connectivity index (χ2v) is 6.84. The molecule has 1 N–H and O–H groups in total. The van der Waals surface area contributed by atoms with Gasteiger partial charge >= 0.3 is 0 Å². The molecule has 106 valence electrons. The molecular formula is C13H20N2O3S. The van der Waals surface area contributed by atoms with E-state index in [0.717, 1.165) is 12.1 Å².